The number of amides is 2. The average molecular weight is 416 g/mol. The Morgan fingerprint density at radius 3 is 2.32 bits per heavy atom. The molecule has 6 nitrogen and oxygen atoms in total. The summed E-state index contributed by atoms with van der Waals surface area (Å²) in [6.45, 7) is 0.543. The number of fused-ring (bicyclic) bond motifs is 1. The van der Waals surface area contributed by atoms with Crippen LogP contribution in [0.2, 0.25) is 0 Å². The first-order valence-electron chi connectivity index (χ1n) is 10.3. The maximum Gasteiger partial charge on any atom is 0.274 e. The van der Waals surface area contributed by atoms with Gasteiger partial charge < -0.3 is 9.64 Å². The van der Waals surface area contributed by atoms with Crippen molar-refractivity contribution < 1.29 is 19.5 Å². The third-order valence-corrected chi connectivity index (χ3v) is 5.38. The summed E-state index contributed by atoms with van der Waals surface area (Å²) >= 11 is 0. The summed E-state index contributed by atoms with van der Waals surface area (Å²) in [5.41, 5.74) is 4.75. The molecule has 2 amide bonds. The van der Waals surface area contributed by atoms with Gasteiger partial charge in [0.05, 0.1) is 5.69 Å². The Morgan fingerprint density at radius 2 is 1.65 bits per heavy atom. The van der Waals surface area contributed by atoms with Crippen molar-refractivity contribution in [2.75, 3.05) is 11.4 Å². The van der Waals surface area contributed by atoms with Gasteiger partial charge in [0, 0.05) is 18.5 Å². The lowest BCUT2D eigenvalue weighted by Crippen LogP contribution is -2.47. The summed E-state index contributed by atoms with van der Waals surface area (Å²) in [5, 5.41) is 8.95. The van der Waals surface area contributed by atoms with Gasteiger partial charge in [0.2, 0.25) is 0 Å². The number of hydrogen-bond acceptors (Lipinski definition) is 4. The number of rotatable bonds is 7. The van der Waals surface area contributed by atoms with E-state index in [4.69, 9.17) is 9.94 Å². The minimum absolute atomic E-state index is 0.0937. The Morgan fingerprint density at radius 1 is 0.968 bits per heavy atom. The van der Waals surface area contributed by atoms with Gasteiger partial charge in [0.1, 0.15) is 5.75 Å². The zero-order valence-electron chi connectivity index (χ0n) is 17.0. The largest absolute Gasteiger partial charge is 0.478 e. The SMILES string of the molecule is O=C(NO)c1ccc2c(c1)OC(Cc1ccccc1)C(=O)N2CCCc1ccccc1. The molecular formula is C25H24N2O4. The number of nitrogens with zero attached hydrogens (tertiary/aromatic N) is 1. The van der Waals surface area contributed by atoms with E-state index in [0.29, 0.717) is 24.4 Å². The molecule has 31 heavy (non-hydrogen) atoms. The van der Waals surface area contributed by atoms with Crippen LogP contribution in [0.5, 0.6) is 5.75 Å². The van der Waals surface area contributed by atoms with Crippen molar-refractivity contribution in [3.05, 3.63) is 95.6 Å². The molecule has 1 aliphatic rings. The molecule has 158 valence electrons. The monoisotopic (exact) mass is 416 g/mol. The Hall–Kier alpha value is -3.64. The van der Waals surface area contributed by atoms with Gasteiger partial charge in [-0.05, 0) is 42.2 Å². The first-order valence-corrected chi connectivity index (χ1v) is 10.3. The molecule has 0 spiro atoms. The van der Waals surface area contributed by atoms with Gasteiger partial charge in [-0.2, -0.15) is 0 Å². The molecular weight excluding hydrogens is 392 g/mol. The molecule has 1 unspecified atom stereocenters. The highest BCUT2D eigenvalue weighted by atomic mass is 16.5. The van der Waals surface area contributed by atoms with E-state index in [1.165, 1.54) is 5.56 Å². The topological polar surface area (TPSA) is 78.9 Å². The van der Waals surface area contributed by atoms with E-state index in [-0.39, 0.29) is 11.5 Å². The predicted molar refractivity (Wildman–Crippen MR) is 117 cm³/mol. The number of benzene rings is 3. The second-order valence-electron chi connectivity index (χ2n) is 7.50. The molecule has 3 aromatic carbocycles. The molecule has 2 N–H and O–H groups in total. The van der Waals surface area contributed by atoms with Crippen LogP contribution in [-0.2, 0) is 17.6 Å². The zero-order valence-corrected chi connectivity index (χ0v) is 17.0. The molecule has 1 atom stereocenters. The number of ether oxygens (including phenoxy) is 1. The minimum Gasteiger partial charge on any atom is -0.478 e. The average Bonchev–Trinajstić information content (AvgIpc) is 2.81. The fraction of sp³-hybridized carbons (Fsp3) is 0.200. The maximum absolute atomic E-state index is 13.3. The molecule has 1 heterocycles. The van der Waals surface area contributed by atoms with Crippen LogP contribution >= 0.6 is 0 Å². The summed E-state index contributed by atoms with van der Waals surface area (Å²) in [4.78, 5) is 26.9. The fourth-order valence-corrected chi connectivity index (χ4v) is 3.81. The molecule has 0 fully saturated rings. The number of carbonyl (C=O) groups excluding carboxylic acids is 2. The van der Waals surface area contributed by atoms with Crippen LogP contribution in [-0.4, -0.2) is 29.7 Å². The number of carbonyl (C=O) groups is 2. The van der Waals surface area contributed by atoms with Gasteiger partial charge in [-0.1, -0.05) is 60.7 Å². The van der Waals surface area contributed by atoms with Crippen LogP contribution in [0, 0.1) is 0 Å². The van der Waals surface area contributed by atoms with E-state index in [1.54, 1.807) is 28.6 Å². The molecule has 3 aromatic rings. The van der Waals surface area contributed by atoms with Crippen molar-refractivity contribution in [2.24, 2.45) is 0 Å². The Labute approximate surface area is 181 Å². The van der Waals surface area contributed by atoms with Gasteiger partial charge >= 0.3 is 0 Å². The Bertz CT molecular complexity index is 1050. The summed E-state index contributed by atoms with van der Waals surface area (Å²) < 4.78 is 6.03. The quantitative estimate of drug-likeness (QED) is 0.454. The normalized spacial score (nSPS) is 15.2. The van der Waals surface area contributed by atoms with Crippen LogP contribution in [0.25, 0.3) is 0 Å². The van der Waals surface area contributed by atoms with Crippen LogP contribution in [0.3, 0.4) is 0 Å². The number of hydrogen-bond donors (Lipinski definition) is 2. The van der Waals surface area contributed by atoms with Crippen LogP contribution in [0.15, 0.2) is 78.9 Å². The van der Waals surface area contributed by atoms with Gasteiger partial charge in [-0.25, -0.2) is 5.48 Å². The highest BCUT2D eigenvalue weighted by Gasteiger charge is 2.34. The molecule has 0 aliphatic carbocycles. The fourth-order valence-electron chi connectivity index (χ4n) is 3.81. The Balaban J connectivity index is 1.58. The van der Waals surface area contributed by atoms with E-state index in [9.17, 15) is 9.59 Å². The molecule has 6 heteroatoms. The van der Waals surface area contributed by atoms with Crippen LogP contribution < -0.4 is 15.1 Å². The highest BCUT2D eigenvalue weighted by molar-refractivity contribution is 6.01. The number of anilines is 1. The standard InChI is InChI=1S/C25H24N2O4/c28-24(26-30)20-13-14-21-22(17-20)31-23(16-19-10-5-2-6-11-19)25(29)27(21)15-7-12-18-8-3-1-4-9-18/h1-6,8-11,13-14,17,23,30H,7,12,15-16H2,(H,26,28). The number of nitrogens with one attached hydrogen (secondary N) is 1. The molecule has 1 aliphatic heterocycles. The second kappa shape index (κ2) is 9.45. The van der Waals surface area contributed by atoms with Crippen molar-refractivity contribution in [2.45, 2.75) is 25.4 Å². The van der Waals surface area contributed by atoms with Crippen LogP contribution in [0.1, 0.15) is 27.9 Å². The van der Waals surface area contributed by atoms with Crippen molar-refractivity contribution in [3.63, 3.8) is 0 Å². The second-order valence-corrected chi connectivity index (χ2v) is 7.50. The predicted octanol–water partition coefficient (Wildman–Crippen LogP) is 3.78. The van der Waals surface area contributed by atoms with Gasteiger partial charge in [0.25, 0.3) is 11.8 Å². The molecule has 0 saturated heterocycles. The zero-order chi connectivity index (χ0) is 21.6. The summed E-state index contributed by atoms with van der Waals surface area (Å²) in [6, 6.07) is 24.7. The molecule has 0 aromatic heterocycles. The minimum atomic E-state index is -0.681. The van der Waals surface area contributed by atoms with Gasteiger partial charge in [0.15, 0.2) is 6.10 Å². The maximum atomic E-state index is 13.3. The summed E-state index contributed by atoms with van der Waals surface area (Å²) in [7, 11) is 0. The van der Waals surface area contributed by atoms with E-state index in [2.05, 4.69) is 12.1 Å². The third-order valence-electron chi connectivity index (χ3n) is 5.38. The molecule has 4 rings (SSSR count). The smallest absolute Gasteiger partial charge is 0.274 e. The summed E-state index contributed by atoms with van der Waals surface area (Å²) in [6.07, 6.45) is 1.41. The lowest BCUT2D eigenvalue weighted by atomic mass is 10.0. The van der Waals surface area contributed by atoms with E-state index in [1.807, 2.05) is 48.5 Å². The molecule has 0 bridgehead atoms. The van der Waals surface area contributed by atoms with Crippen LogP contribution in [0.4, 0.5) is 5.69 Å². The van der Waals surface area contributed by atoms with Gasteiger partial charge in [-0.15, -0.1) is 0 Å². The van der Waals surface area contributed by atoms with E-state index < -0.39 is 12.0 Å². The van der Waals surface area contributed by atoms with Crippen molar-refractivity contribution in [3.8, 4) is 5.75 Å². The molecule has 0 saturated carbocycles. The van der Waals surface area contributed by atoms with Gasteiger partial charge in [-0.3, -0.25) is 14.8 Å². The molecule has 0 radical (unpaired) electrons. The number of aryl methyl sites for hydroxylation is 1. The lowest BCUT2D eigenvalue weighted by Gasteiger charge is -2.35. The van der Waals surface area contributed by atoms with E-state index in [0.717, 1.165) is 18.4 Å². The first kappa shape index (κ1) is 20.6. The lowest BCUT2D eigenvalue weighted by molar-refractivity contribution is -0.126. The number of hydroxylamine groups is 1. The van der Waals surface area contributed by atoms with Crippen molar-refractivity contribution in [1.29, 1.82) is 0 Å². The van der Waals surface area contributed by atoms with E-state index >= 15 is 0 Å². The van der Waals surface area contributed by atoms with Crippen molar-refractivity contribution in [1.82, 2.24) is 5.48 Å². The van der Waals surface area contributed by atoms with Crippen molar-refractivity contribution >= 4 is 17.5 Å². The third kappa shape index (κ3) is 4.75. The first-order chi connectivity index (χ1) is 15.2. The Kier molecular flexibility index (Phi) is 6.29. The summed E-state index contributed by atoms with van der Waals surface area (Å²) in [5.74, 6) is -0.261. The highest BCUT2D eigenvalue weighted by Crippen LogP contribution is 2.36.